The molecule has 1 heterocycles. The molecule has 1 aliphatic rings. The van der Waals surface area contributed by atoms with Gasteiger partial charge in [0.2, 0.25) is 11.8 Å². The molecule has 0 unspecified atom stereocenters. The fraction of sp³-hybridized carbons (Fsp3) is 0.176. The molecule has 0 aromatic heterocycles. The Hall–Kier alpha value is -2.40. The molecule has 2 N–H and O–H groups in total. The van der Waals surface area contributed by atoms with Crippen molar-refractivity contribution in [2.45, 2.75) is 19.3 Å². The minimum atomic E-state index is -0.526. The van der Waals surface area contributed by atoms with Gasteiger partial charge in [-0.25, -0.2) is 4.39 Å². The Labute approximate surface area is 137 Å². The summed E-state index contributed by atoms with van der Waals surface area (Å²) >= 11 is 5.69. The van der Waals surface area contributed by atoms with E-state index in [1.807, 2.05) is 18.2 Å². The molecule has 118 valence electrons. The van der Waals surface area contributed by atoms with Gasteiger partial charge in [-0.15, -0.1) is 0 Å². The predicted molar refractivity (Wildman–Crippen MR) is 87.1 cm³/mol. The fourth-order valence-corrected chi connectivity index (χ4v) is 2.69. The number of aryl methyl sites for hydroxylation is 1. The highest BCUT2D eigenvalue weighted by molar-refractivity contribution is 6.31. The zero-order chi connectivity index (χ0) is 16.4. The molecule has 3 rings (SSSR count). The molecule has 0 atom stereocenters. The lowest BCUT2D eigenvalue weighted by Gasteiger charge is -2.17. The van der Waals surface area contributed by atoms with Crippen LogP contribution in [-0.4, -0.2) is 11.8 Å². The Kier molecular flexibility index (Phi) is 4.30. The lowest BCUT2D eigenvalue weighted by atomic mass is 9.99. The Morgan fingerprint density at radius 1 is 1.22 bits per heavy atom. The first-order chi connectivity index (χ1) is 11.0. The first-order valence-electron chi connectivity index (χ1n) is 7.18. The first-order valence-corrected chi connectivity index (χ1v) is 7.55. The van der Waals surface area contributed by atoms with Crippen LogP contribution in [0.5, 0.6) is 0 Å². The van der Waals surface area contributed by atoms with Crippen LogP contribution in [0.4, 0.5) is 15.8 Å². The third kappa shape index (κ3) is 3.68. The maximum atomic E-state index is 13.1. The van der Waals surface area contributed by atoms with E-state index in [2.05, 4.69) is 10.6 Å². The zero-order valence-electron chi connectivity index (χ0n) is 12.2. The van der Waals surface area contributed by atoms with E-state index in [1.54, 1.807) is 0 Å². The lowest BCUT2D eigenvalue weighted by molar-refractivity contribution is -0.117. The standard InChI is InChI=1S/C17H14ClFN2O2/c18-13-9-12(3-4-14(13)19)20-17(23)8-10-1-5-15-11(7-10)2-6-16(22)21-15/h1,3-5,7,9H,2,6,8H2,(H,20,23)(H,21,22). The molecule has 0 radical (unpaired) electrons. The molecule has 4 nitrogen and oxygen atoms in total. The number of benzene rings is 2. The van der Waals surface area contributed by atoms with Crippen molar-refractivity contribution in [3.63, 3.8) is 0 Å². The second kappa shape index (κ2) is 6.38. The maximum Gasteiger partial charge on any atom is 0.228 e. The topological polar surface area (TPSA) is 58.2 Å². The van der Waals surface area contributed by atoms with Gasteiger partial charge in [-0.1, -0.05) is 23.7 Å². The van der Waals surface area contributed by atoms with E-state index in [1.165, 1.54) is 18.2 Å². The number of nitrogens with one attached hydrogen (secondary N) is 2. The lowest BCUT2D eigenvalue weighted by Crippen LogP contribution is -2.19. The number of carbonyl (C=O) groups excluding carboxylic acids is 2. The molecule has 0 fully saturated rings. The predicted octanol–water partition coefficient (Wildman–Crippen LogP) is 3.55. The molecular formula is C17H14ClFN2O2. The van der Waals surface area contributed by atoms with E-state index >= 15 is 0 Å². The number of amides is 2. The third-order valence-electron chi connectivity index (χ3n) is 3.63. The second-order valence-corrected chi connectivity index (χ2v) is 5.80. The van der Waals surface area contributed by atoms with Gasteiger partial charge in [0.15, 0.2) is 0 Å². The molecule has 23 heavy (non-hydrogen) atoms. The van der Waals surface area contributed by atoms with Gasteiger partial charge in [0.05, 0.1) is 11.4 Å². The van der Waals surface area contributed by atoms with E-state index < -0.39 is 5.82 Å². The summed E-state index contributed by atoms with van der Waals surface area (Å²) in [6, 6.07) is 9.58. The van der Waals surface area contributed by atoms with Gasteiger partial charge in [-0.2, -0.15) is 0 Å². The summed E-state index contributed by atoms with van der Waals surface area (Å²) in [6.45, 7) is 0. The molecule has 0 saturated heterocycles. The van der Waals surface area contributed by atoms with Crippen LogP contribution in [-0.2, 0) is 22.4 Å². The molecule has 2 amide bonds. The van der Waals surface area contributed by atoms with Crippen LogP contribution in [0.2, 0.25) is 5.02 Å². The highest BCUT2D eigenvalue weighted by atomic mass is 35.5. The number of carbonyl (C=O) groups is 2. The fourth-order valence-electron chi connectivity index (χ4n) is 2.51. The first kappa shape index (κ1) is 15.5. The number of halogens is 2. The van der Waals surface area contributed by atoms with Gasteiger partial charge in [0, 0.05) is 17.8 Å². The van der Waals surface area contributed by atoms with Gasteiger partial charge >= 0.3 is 0 Å². The zero-order valence-corrected chi connectivity index (χ0v) is 12.9. The van der Waals surface area contributed by atoms with Crippen molar-refractivity contribution < 1.29 is 14.0 Å². The quantitative estimate of drug-likeness (QED) is 0.903. The molecule has 0 aliphatic carbocycles. The number of hydrogen-bond acceptors (Lipinski definition) is 2. The van der Waals surface area contributed by atoms with E-state index in [4.69, 9.17) is 11.6 Å². The summed E-state index contributed by atoms with van der Waals surface area (Å²) in [4.78, 5) is 23.4. The molecule has 0 saturated carbocycles. The SMILES string of the molecule is O=C(Cc1ccc2c(c1)CCC(=O)N2)Nc1ccc(F)c(Cl)c1. The molecule has 6 heteroatoms. The highest BCUT2D eigenvalue weighted by Gasteiger charge is 2.15. The van der Waals surface area contributed by atoms with E-state index in [0.29, 0.717) is 18.5 Å². The average Bonchev–Trinajstić information content (AvgIpc) is 2.51. The molecule has 0 bridgehead atoms. The van der Waals surface area contributed by atoms with E-state index in [-0.39, 0.29) is 23.3 Å². The third-order valence-corrected chi connectivity index (χ3v) is 3.92. The van der Waals surface area contributed by atoms with Crippen molar-refractivity contribution >= 4 is 34.8 Å². The van der Waals surface area contributed by atoms with Gasteiger partial charge < -0.3 is 10.6 Å². The van der Waals surface area contributed by atoms with E-state index in [0.717, 1.165) is 16.8 Å². The number of anilines is 2. The van der Waals surface area contributed by atoms with Crippen LogP contribution in [0.3, 0.4) is 0 Å². The second-order valence-electron chi connectivity index (χ2n) is 5.39. The van der Waals surface area contributed by atoms with Crippen LogP contribution in [0.1, 0.15) is 17.5 Å². The summed E-state index contributed by atoms with van der Waals surface area (Å²) < 4.78 is 13.1. The molecule has 2 aromatic rings. The molecule has 2 aromatic carbocycles. The van der Waals surface area contributed by atoms with Crippen molar-refractivity contribution in [2.75, 3.05) is 10.6 Å². The van der Waals surface area contributed by atoms with Gasteiger partial charge in [-0.05, 0) is 41.8 Å². The number of fused-ring (bicyclic) bond motifs is 1. The minimum absolute atomic E-state index is 0.0104. The number of hydrogen-bond donors (Lipinski definition) is 2. The normalized spacial score (nSPS) is 13.2. The Bertz CT molecular complexity index is 792. The highest BCUT2D eigenvalue weighted by Crippen LogP contribution is 2.24. The van der Waals surface area contributed by atoms with Crippen LogP contribution >= 0.6 is 11.6 Å². The van der Waals surface area contributed by atoms with Crippen molar-refractivity contribution in [1.29, 1.82) is 0 Å². The van der Waals surface area contributed by atoms with Gasteiger partial charge in [0.1, 0.15) is 5.82 Å². The summed E-state index contributed by atoms with van der Waals surface area (Å²) in [7, 11) is 0. The Morgan fingerprint density at radius 2 is 2.04 bits per heavy atom. The summed E-state index contributed by atoms with van der Waals surface area (Å²) in [6.07, 6.45) is 1.32. The summed E-state index contributed by atoms with van der Waals surface area (Å²) in [5, 5.41) is 5.45. The van der Waals surface area contributed by atoms with Crippen LogP contribution in [0.25, 0.3) is 0 Å². The van der Waals surface area contributed by atoms with Crippen LogP contribution in [0, 0.1) is 5.82 Å². The maximum absolute atomic E-state index is 13.1. The minimum Gasteiger partial charge on any atom is -0.326 e. The molecular weight excluding hydrogens is 319 g/mol. The van der Waals surface area contributed by atoms with Crippen molar-refractivity contribution in [3.05, 3.63) is 58.4 Å². The van der Waals surface area contributed by atoms with Crippen LogP contribution < -0.4 is 10.6 Å². The summed E-state index contributed by atoms with van der Waals surface area (Å²) in [5.74, 6) is -0.731. The largest absolute Gasteiger partial charge is 0.326 e. The average molecular weight is 333 g/mol. The Morgan fingerprint density at radius 3 is 2.83 bits per heavy atom. The smallest absolute Gasteiger partial charge is 0.228 e. The van der Waals surface area contributed by atoms with Crippen molar-refractivity contribution in [1.82, 2.24) is 0 Å². The van der Waals surface area contributed by atoms with Gasteiger partial charge in [-0.3, -0.25) is 9.59 Å². The van der Waals surface area contributed by atoms with Crippen molar-refractivity contribution in [2.24, 2.45) is 0 Å². The number of rotatable bonds is 3. The van der Waals surface area contributed by atoms with Gasteiger partial charge in [0.25, 0.3) is 0 Å². The summed E-state index contributed by atoms with van der Waals surface area (Å²) in [5.41, 5.74) is 3.13. The molecule has 1 aliphatic heterocycles. The van der Waals surface area contributed by atoms with Crippen molar-refractivity contribution in [3.8, 4) is 0 Å². The Balaban J connectivity index is 1.68. The molecule has 0 spiro atoms. The van der Waals surface area contributed by atoms with Crippen LogP contribution in [0.15, 0.2) is 36.4 Å². The van der Waals surface area contributed by atoms with E-state index in [9.17, 15) is 14.0 Å². The monoisotopic (exact) mass is 332 g/mol.